The van der Waals surface area contributed by atoms with E-state index in [9.17, 15) is 0 Å². The van der Waals surface area contributed by atoms with E-state index >= 15 is 0 Å². The summed E-state index contributed by atoms with van der Waals surface area (Å²) in [5.74, 6) is 0. The van der Waals surface area contributed by atoms with Crippen molar-refractivity contribution in [3.05, 3.63) is 40.5 Å². The average molecular weight is 259 g/mol. The summed E-state index contributed by atoms with van der Waals surface area (Å²) in [7, 11) is 0. The molecule has 0 atom stereocenters. The third-order valence-electron chi connectivity index (χ3n) is 1.65. The Morgan fingerprint density at radius 3 is 2.92 bits per heavy atom. The van der Waals surface area contributed by atoms with Crippen molar-refractivity contribution in [3.8, 4) is 11.1 Å². The van der Waals surface area contributed by atoms with Crippen molar-refractivity contribution < 1.29 is 4.42 Å². The van der Waals surface area contributed by atoms with Gasteiger partial charge < -0.3 is 4.42 Å². The van der Waals surface area contributed by atoms with Crippen LogP contribution in [0.5, 0.6) is 0 Å². The average Bonchev–Trinajstić information content (AvgIpc) is 2.56. The van der Waals surface area contributed by atoms with Gasteiger partial charge in [-0.25, -0.2) is 4.98 Å². The second kappa shape index (κ2) is 3.52. The van der Waals surface area contributed by atoms with Crippen LogP contribution in [0.4, 0.5) is 0 Å². The van der Waals surface area contributed by atoms with Crippen molar-refractivity contribution in [1.82, 2.24) is 4.98 Å². The van der Waals surface area contributed by atoms with E-state index in [1.165, 1.54) is 0 Å². The molecule has 66 valence electrons. The summed E-state index contributed by atoms with van der Waals surface area (Å²) in [5, 5.41) is 0.656. The first kappa shape index (κ1) is 8.78. The molecule has 0 aliphatic rings. The molecule has 13 heavy (non-hydrogen) atoms. The monoisotopic (exact) mass is 257 g/mol. The first-order valence-electron chi connectivity index (χ1n) is 3.61. The lowest BCUT2D eigenvalue weighted by Gasteiger charge is -1.99. The Morgan fingerprint density at radius 1 is 1.46 bits per heavy atom. The van der Waals surface area contributed by atoms with Crippen LogP contribution in [0.25, 0.3) is 11.1 Å². The van der Waals surface area contributed by atoms with Crippen LogP contribution in [0.1, 0.15) is 0 Å². The van der Waals surface area contributed by atoms with Crippen LogP contribution in [0.2, 0.25) is 5.02 Å². The molecule has 0 spiro atoms. The van der Waals surface area contributed by atoms with Gasteiger partial charge in [-0.1, -0.05) is 11.6 Å². The highest BCUT2D eigenvalue weighted by Gasteiger charge is 2.05. The lowest BCUT2D eigenvalue weighted by Crippen LogP contribution is -1.80. The van der Waals surface area contributed by atoms with E-state index in [1.807, 2.05) is 6.07 Å². The number of aromatic nitrogens is 1. The van der Waals surface area contributed by atoms with Crippen LogP contribution in [-0.2, 0) is 0 Å². The molecule has 4 heteroatoms. The minimum atomic E-state index is 0.656. The summed E-state index contributed by atoms with van der Waals surface area (Å²) in [5.41, 5.74) is 1.81. The van der Waals surface area contributed by atoms with Crippen molar-refractivity contribution in [2.45, 2.75) is 0 Å². The van der Waals surface area contributed by atoms with Crippen LogP contribution in [0.3, 0.4) is 0 Å². The zero-order valence-electron chi connectivity index (χ0n) is 6.50. The lowest BCUT2D eigenvalue weighted by molar-refractivity contribution is 0.568. The zero-order valence-corrected chi connectivity index (χ0v) is 8.84. The van der Waals surface area contributed by atoms with Gasteiger partial charge in [-0.3, -0.25) is 0 Å². The molecular formula is C9H5BrClNO. The minimum absolute atomic E-state index is 0.656. The summed E-state index contributed by atoms with van der Waals surface area (Å²) in [6.45, 7) is 0. The van der Waals surface area contributed by atoms with Gasteiger partial charge in [0.2, 0.25) is 0 Å². The van der Waals surface area contributed by atoms with E-state index in [2.05, 4.69) is 20.9 Å². The van der Waals surface area contributed by atoms with E-state index in [1.54, 1.807) is 24.8 Å². The Bertz CT molecular complexity index is 414. The van der Waals surface area contributed by atoms with E-state index in [0.29, 0.717) is 5.02 Å². The fraction of sp³-hybridized carbons (Fsp3) is 0. The number of hydrogen-bond donors (Lipinski definition) is 0. The third-order valence-corrected chi connectivity index (χ3v) is 2.40. The van der Waals surface area contributed by atoms with Crippen molar-refractivity contribution in [3.63, 3.8) is 0 Å². The summed E-state index contributed by atoms with van der Waals surface area (Å²) in [6.07, 6.45) is 4.95. The molecule has 2 rings (SSSR count). The van der Waals surface area contributed by atoms with Crippen LogP contribution in [0, 0.1) is 0 Å². The smallest absolute Gasteiger partial charge is 0.107 e. The predicted octanol–water partition coefficient (Wildman–Crippen LogP) is 3.76. The molecule has 2 aromatic rings. The van der Waals surface area contributed by atoms with Crippen molar-refractivity contribution >= 4 is 27.5 Å². The minimum Gasteiger partial charge on any atom is -0.472 e. The van der Waals surface area contributed by atoms with Gasteiger partial charge in [0.1, 0.15) is 4.60 Å². The molecule has 0 aliphatic heterocycles. The number of nitrogens with zero attached hydrogens (tertiary/aromatic N) is 1. The molecule has 0 N–H and O–H groups in total. The number of pyridine rings is 1. The second-order valence-electron chi connectivity index (χ2n) is 2.50. The maximum atomic E-state index is 6.01. The van der Waals surface area contributed by atoms with Gasteiger partial charge in [-0.2, -0.15) is 0 Å². The molecule has 0 aromatic carbocycles. The van der Waals surface area contributed by atoms with Gasteiger partial charge in [-0.05, 0) is 28.1 Å². The molecule has 0 saturated carbocycles. The highest BCUT2D eigenvalue weighted by Crippen LogP contribution is 2.28. The third kappa shape index (κ3) is 1.76. The lowest BCUT2D eigenvalue weighted by atomic mass is 10.1. The van der Waals surface area contributed by atoms with Crippen LogP contribution in [0.15, 0.2) is 39.9 Å². The van der Waals surface area contributed by atoms with E-state index in [0.717, 1.165) is 15.7 Å². The molecule has 0 saturated heterocycles. The van der Waals surface area contributed by atoms with Gasteiger partial charge >= 0.3 is 0 Å². The zero-order chi connectivity index (χ0) is 9.26. The van der Waals surface area contributed by atoms with Gasteiger partial charge in [0.05, 0.1) is 17.5 Å². The molecule has 2 nitrogen and oxygen atoms in total. The molecule has 0 unspecified atom stereocenters. The molecule has 0 amide bonds. The fourth-order valence-electron chi connectivity index (χ4n) is 1.04. The van der Waals surface area contributed by atoms with Gasteiger partial charge in [0, 0.05) is 17.3 Å². The van der Waals surface area contributed by atoms with Crippen molar-refractivity contribution in [2.24, 2.45) is 0 Å². The summed E-state index contributed by atoms with van der Waals surface area (Å²) < 4.78 is 5.68. The Balaban J connectivity index is 2.53. The van der Waals surface area contributed by atoms with Gasteiger partial charge in [0.15, 0.2) is 0 Å². The highest BCUT2D eigenvalue weighted by atomic mass is 79.9. The Labute approximate surface area is 88.7 Å². The Morgan fingerprint density at radius 2 is 2.31 bits per heavy atom. The molecule has 2 heterocycles. The number of hydrogen-bond acceptors (Lipinski definition) is 2. The standard InChI is InChI=1S/C9H5BrClNO/c10-9-3-8(11)7(4-12-9)6-1-2-13-5-6/h1-5H. The van der Waals surface area contributed by atoms with Gasteiger partial charge in [-0.15, -0.1) is 0 Å². The Hall–Kier alpha value is -0.800. The molecular weight excluding hydrogens is 253 g/mol. The van der Waals surface area contributed by atoms with Crippen LogP contribution < -0.4 is 0 Å². The Kier molecular flexibility index (Phi) is 2.38. The molecule has 2 aromatic heterocycles. The number of furan rings is 1. The van der Waals surface area contributed by atoms with E-state index in [-0.39, 0.29) is 0 Å². The molecule has 0 bridgehead atoms. The largest absolute Gasteiger partial charge is 0.472 e. The van der Waals surface area contributed by atoms with Crippen LogP contribution in [-0.4, -0.2) is 4.98 Å². The number of halogens is 2. The molecule has 0 fully saturated rings. The van der Waals surface area contributed by atoms with E-state index < -0.39 is 0 Å². The first-order valence-corrected chi connectivity index (χ1v) is 4.78. The molecule has 0 radical (unpaired) electrons. The maximum Gasteiger partial charge on any atom is 0.107 e. The summed E-state index contributed by atoms with van der Waals surface area (Å²) in [6, 6.07) is 3.60. The topological polar surface area (TPSA) is 26.0 Å². The summed E-state index contributed by atoms with van der Waals surface area (Å²) in [4.78, 5) is 4.09. The van der Waals surface area contributed by atoms with Crippen molar-refractivity contribution in [2.75, 3.05) is 0 Å². The normalized spacial score (nSPS) is 10.3. The highest BCUT2D eigenvalue weighted by molar-refractivity contribution is 9.10. The second-order valence-corrected chi connectivity index (χ2v) is 3.72. The number of rotatable bonds is 1. The predicted molar refractivity (Wildman–Crippen MR) is 54.6 cm³/mol. The summed E-state index contributed by atoms with van der Waals surface area (Å²) >= 11 is 9.25. The molecule has 0 aliphatic carbocycles. The SMILES string of the molecule is Clc1cc(Br)ncc1-c1ccoc1. The van der Waals surface area contributed by atoms with E-state index in [4.69, 9.17) is 16.0 Å². The van der Waals surface area contributed by atoms with Crippen LogP contribution >= 0.6 is 27.5 Å². The quantitative estimate of drug-likeness (QED) is 0.728. The van der Waals surface area contributed by atoms with Crippen molar-refractivity contribution in [1.29, 1.82) is 0 Å². The first-order chi connectivity index (χ1) is 6.27. The maximum absolute atomic E-state index is 6.01. The fourth-order valence-corrected chi connectivity index (χ4v) is 1.76. The van der Waals surface area contributed by atoms with Gasteiger partial charge in [0.25, 0.3) is 0 Å².